The molecule has 1 rings (SSSR count). The van der Waals surface area contributed by atoms with E-state index in [1.807, 2.05) is 25.7 Å². The molecule has 1 N–H and O–H groups in total. The van der Waals surface area contributed by atoms with Crippen LogP contribution in [0.4, 0.5) is 0 Å². The molecule has 0 fully saturated rings. The smallest absolute Gasteiger partial charge is 0.123 e. The number of methoxy groups -OCH3 is 1. The van der Waals surface area contributed by atoms with Gasteiger partial charge in [-0.3, -0.25) is 0 Å². The van der Waals surface area contributed by atoms with E-state index in [4.69, 9.17) is 9.47 Å². The third kappa shape index (κ3) is 5.73. The summed E-state index contributed by atoms with van der Waals surface area (Å²) in [7, 11) is 3.74. The molecule has 1 atom stereocenters. The van der Waals surface area contributed by atoms with Crippen molar-refractivity contribution in [2.24, 2.45) is 0 Å². The van der Waals surface area contributed by atoms with E-state index in [-0.39, 0.29) is 0 Å². The van der Waals surface area contributed by atoms with E-state index in [1.54, 1.807) is 7.11 Å². The number of hydrogen-bond acceptors (Lipinski definition) is 4. The standard InChI is InChI=1S/C16H27NO2S/c1-5-19-16-8-7-14(13(2)17-3)11-15(16)12-20-10-6-9-18-4/h7-8,11,13,17H,5-6,9-10,12H2,1-4H3. The van der Waals surface area contributed by atoms with Gasteiger partial charge < -0.3 is 14.8 Å². The number of nitrogens with one attached hydrogen (secondary N) is 1. The molecule has 0 amide bonds. The summed E-state index contributed by atoms with van der Waals surface area (Å²) >= 11 is 1.93. The number of rotatable bonds is 10. The van der Waals surface area contributed by atoms with E-state index in [0.29, 0.717) is 12.6 Å². The van der Waals surface area contributed by atoms with Gasteiger partial charge in [-0.1, -0.05) is 6.07 Å². The van der Waals surface area contributed by atoms with Crippen molar-refractivity contribution in [3.63, 3.8) is 0 Å². The zero-order valence-electron chi connectivity index (χ0n) is 13.1. The molecule has 114 valence electrons. The van der Waals surface area contributed by atoms with Crippen molar-refractivity contribution in [3.05, 3.63) is 29.3 Å². The highest BCUT2D eigenvalue weighted by atomic mass is 32.2. The first-order valence-electron chi connectivity index (χ1n) is 7.22. The van der Waals surface area contributed by atoms with E-state index in [9.17, 15) is 0 Å². The van der Waals surface area contributed by atoms with Gasteiger partial charge in [-0.25, -0.2) is 0 Å². The lowest BCUT2D eigenvalue weighted by atomic mass is 10.1. The van der Waals surface area contributed by atoms with E-state index in [1.165, 1.54) is 11.1 Å². The van der Waals surface area contributed by atoms with Crippen LogP contribution in [0.5, 0.6) is 5.75 Å². The van der Waals surface area contributed by atoms with Crippen LogP contribution in [0.3, 0.4) is 0 Å². The molecular weight excluding hydrogens is 270 g/mol. The zero-order valence-corrected chi connectivity index (χ0v) is 13.9. The molecule has 1 aromatic rings. The number of hydrogen-bond donors (Lipinski definition) is 1. The molecule has 20 heavy (non-hydrogen) atoms. The van der Waals surface area contributed by atoms with Crippen LogP contribution in [0.15, 0.2) is 18.2 Å². The van der Waals surface area contributed by atoms with Gasteiger partial charge in [0.05, 0.1) is 6.61 Å². The maximum atomic E-state index is 5.73. The maximum absolute atomic E-state index is 5.73. The van der Waals surface area contributed by atoms with E-state index < -0.39 is 0 Å². The van der Waals surface area contributed by atoms with Crippen molar-refractivity contribution in [3.8, 4) is 5.75 Å². The van der Waals surface area contributed by atoms with Crippen LogP contribution in [0, 0.1) is 0 Å². The summed E-state index contributed by atoms with van der Waals surface area (Å²) in [6.45, 7) is 5.75. The van der Waals surface area contributed by atoms with E-state index in [0.717, 1.165) is 30.3 Å². The Morgan fingerprint density at radius 3 is 2.80 bits per heavy atom. The Kier molecular flexibility index (Phi) is 8.74. The average molecular weight is 297 g/mol. The number of ether oxygens (including phenoxy) is 2. The van der Waals surface area contributed by atoms with Crippen LogP contribution in [-0.4, -0.2) is 33.1 Å². The minimum absolute atomic E-state index is 0.364. The third-order valence-corrected chi connectivity index (χ3v) is 4.30. The largest absolute Gasteiger partial charge is 0.494 e. The topological polar surface area (TPSA) is 30.5 Å². The minimum atomic E-state index is 0.364. The molecule has 3 nitrogen and oxygen atoms in total. The lowest BCUT2D eigenvalue weighted by Gasteiger charge is -2.15. The number of thioether (sulfide) groups is 1. The quantitative estimate of drug-likeness (QED) is 0.668. The van der Waals surface area contributed by atoms with Gasteiger partial charge in [-0.05, 0) is 50.8 Å². The van der Waals surface area contributed by atoms with Crippen LogP contribution in [0.1, 0.15) is 37.4 Å². The predicted molar refractivity (Wildman–Crippen MR) is 87.7 cm³/mol. The SMILES string of the molecule is CCOc1ccc(C(C)NC)cc1CSCCCOC. The zero-order chi connectivity index (χ0) is 14.8. The molecule has 0 saturated heterocycles. The first kappa shape index (κ1) is 17.3. The molecule has 0 heterocycles. The van der Waals surface area contributed by atoms with Crippen LogP contribution in [-0.2, 0) is 10.5 Å². The Bertz CT molecular complexity index is 385. The molecule has 0 aliphatic carbocycles. The Labute approximate surface area is 127 Å². The molecule has 0 radical (unpaired) electrons. The summed E-state index contributed by atoms with van der Waals surface area (Å²) in [6.07, 6.45) is 1.09. The van der Waals surface area contributed by atoms with E-state index in [2.05, 4.69) is 30.4 Å². The normalized spacial score (nSPS) is 12.4. The highest BCUT2D eigenvalue weighted by molar-refractivity contribution is 7.98. The van der Waals surface area contributed by atoms with Crippen LogP contribution < -0.4 is 10.1 Å². The molecule has 0 bridgehead atoms. The number of benzene rings is 1. The predicted octanol–water partition coefficient (Wildman–Crippen LogP) is 3.64. The second kappa shape index (κ2) is 10.1. The monoisotopic (exact) mass is 297 g/mol. The van der Waals surface area contributed by atoms with Crippen molar-refractivity contribution >= 4 is 11.8 Å². The van der Waals surface area contributed by atoms with Crippen molar-refractivity contribution in [2.75, 3.05) is 33.1 Å². The highest BCUT2D eigenvalue weighted by Gasteiger charge is 2.09. The van der Waals surface area contributed by atoms with Gasteiger partial charge >= 0.3 is 0 Å². The van der Waals surface area contributed by atoms with Gasteiger partial charge in [-0.15, -0.1) is 0 Å². The lowest BCUT2D eigenvalue weighted by molar-refractivity contribution is 0.200. The lowest BCUT2D eigenvalue weighted by Crippen LogP contribution is -2.12. The first-order chi connectivity index (χ1) is 9.72. The Hall–Kier alpha value is -0.710. The Balaban J connectivity index is 2.67. The fourth-order valence-corrected chi connectivity index (χ4v) is 2.84. The molecule has 0 aliphatic heterocycles. The fraction of sp³-hybridized carbons (Fsp3) is 0.625. The first-order valence-corrected chi connectivity index (χ1v) is 8.38. The Morgan fingerprint density at radius 1 is 1.35 bits per heavy atom. The van der Waals surface area contributed by atoms with Crippen LogP contribution >= 0.6 is 11.8 Å². The van der Waals surface area contributed by atoms with Crippen LogP contribution in [0.25, 0.3) is 0 Å². The van der Waals surface area contributed by atoms with Crippen molar-refractivity contribution < 1.29 is 9.47 Å². The van der Waals surface area contributed by atoms with Crippen molar-refractivity contribution in [1.82, 2.24) is 5.32 Å². The van der Waals surface area contributed by atoms with Gasteiger partial charge in [0.15, 0.2) is 0 Å². The summed E-state index contributed by atoms with van der Waals surface area (Å²) in [6, 6.07) is 6.86. The second-order valence-corrected chi connectivity index (χ2v) is 5.81. The van der Waals surface area contributed by atoms with Gasteiger partial charge in [0, 0.05) is 31.1 Å². The molecule has 1 unspecified atom stereocenters. The molecule has 0 saturated carbocycles. The Morgan fingerprint density at radius 2 is 2.15 bits per heavy atom. The summed E-state index contributed by atoms with van der Waals surface area (Å²) in [5, 5.41) is 3.28. The van der Waals surface area contributed by atoms with Crippen molar-refractivity contribution in [1.29, 1.82) is 0 Å². The van der Waals surface area contributed by atoms with Gasteiger partial charge in [-0.2, -0.15) is 11.8 Å². The molecular formula is C16H27NO2S. The van der Waals surface area contributed by atoms with Crippen molar-refractivity contribution in [2.45, 2.75) is 32.1 Å². The minimum Gasteiger partial charge on any atom is -0.494 e. The summed E-state index contributed by atoms with van der Waals surface area (Å²) < 4.78 is 10.8. The third-order valence-electron chi connectivity index (χ3n) is 3.21. The molecule has 4 heteroatoms. The average Bonchev–Trinajstić information content (AvgIpc) is 2.48. The maximum Gasteiger partial charge on any atom is 0.123 e. The molecule has 0 spiro atoms. The molecule has 0 aromatic heterocycles. The molecule has 1 aromatic carbocycles. The summed E-state index contributed by atoms with van der Waals surface area (Å²) in [5.74, 6) is 3.12. The second-order valence-electron chi connectivity index (χ2n) is 4.71. The fourth-order valence-electron chi connectivity index (χ4n) is 1.93. The van der Waals surface area contributed by atoms with Gasteiger partial charge in [0.25, 0.3) is 0 Å². The summed E-state index contributed by atoms with van der Waals surface area (Å²) in [4.78, 5) is 0. The molecule has 0 aliphatic rings. The highest BCUT2D eigenvalue weighted by Crippen LogP contribution is 2.27. The van der Waals surface area contributed by atoms with Gasteiger partial charge in [0.1, 0.15) is 5.75 Å². The van der Waals surface area contributed by atoms with E-state index >= 15 is 0 Å². The van der Waals surface area contributed by atoms with Gasteiger partial charge in [0.2, 0.25) is 0 Å². The summed E-state index contributed by atoms with van der Waals surface area (Å²) in [5.41, 5.74) is 2.59. The van der Waals surface area contributed by atoms with Crippen LogP contribution in [0.2, 0.25) is 0 Å².